The zero-order valence-electron chi connectivity index (χ0n) is 19.3. The molecular weight excluding hydrogens is 464 g/mol. The number of pyridine rings is 1. The van der Waals surface area contributed by atoms with Gasteiger partial charge in [0, 0.05) is 27.6 Å². The van der Waals surface area contributed by atoms with Crippen LogP contribution in [0.2, 0.25) is 0 Å². The summed E-state index contributed by atoms with van der Waals surface area (Å²) in [5, 5.41) is 0.980. The van der Waals surface area contributed by atoms with Crippen LogP contribution in [-0.2, 0) is 4.33 Å². The van der Waals surface area contributed by atoms with Crippen molar-refractivity contribution in [3.05, 3.63) is 134 Å². The summed E-state index contributed by atoms with van der Waals surface area (Å²) in [5.41, 5.74) is 7.24. The number of fused-ring (bicyclic) bond motifs is 1. The number of benzene rings is 4. The molecule has 0 atom stereocenters. The van der Waals surface area contributed by atoms with E-state index in [9.17, 15) is 0 Å². The standard InChI is InChI=1S/C31H22N2O2S/c1-4-12-23(13-5-1)25-20-29-30(28-19-11-10-18-27(28)24-14-6-2-7-15-24)22-33(31(29)32-21-25)34-35-36-26-16-8-3-9-17-26/h1-22H. The van der Waals surface area contributed by atoms with Gasteiger partial charge in [-0.05, 0) is 40.5 Å². The molecule has 0 saturated carbocycles. The molecule has 6 rings (SSSR count). The van der Waals surface area contributed by atoms with Gasteiger partial charge < -0.3 is 0 Å². The Balaban J connectivity index is 1.46. The maximum absolute atomic E-state index is 5.73. The van der Waals surface area contributed by atoms with Crippen molar-refractivity contribution in [3.63, 3.8) is 0 Å². The monoisotopic (exact) mass is 486 g/mol. The third kappa shape index (κ3) is 4.50. The fraction of sp³-hybridized carbons (Fsp3) is 0. The number of nitrogens with zero attached hydrogens (tertiary/aromatic N) is 2. The summed E-state index contributed by atoms with van der Waals surface area (Å²) in [7, 11) is 0. The normalized spacial score (nSPS) is 11.0. The van der Waals surface area contributed by atoms with Crippen LogP contribution in [-0.4, -0.2) is 9.71 Å². The van der Waals surface area contributed by atoms with E-state index in [1.165, 1.54) is 0 Å². The molecule has 0 saturated heterocycles. The van der Waals surface area contributed by atoms with E-state index in [0.29, 0.717) is 5.65 Å². The van der Waals surface area contributed by atoms with Crippen LogP contribution in [0.5, 0.6) is 0 Å². The van der Waals surface area contributed by atoms with E-state index in [-0.39, 0.29) is 0 Å². The lowest BCUT2D eigenvalue weighted by Gasteiger charge is -2.09. The molecule has 0 spiro atoms. The minimum Gasteiger partial charge on any atom is -0.235 e. The minimum absolute atomic E-state index is 0.682. The van der Waals surface area contributed by atoms with E-state index in [1.54, 1.807) is 4.73 Å². The van der Waals surface area contributed by atoms with E-state index >= 15 is 0 Å². The Kier molecular flexibility index (Phi) is 6.23. The highest BCUT2D eigenvalue weighted by atomic mass is 32.2. The van der Waals surface area contributed by atoms with Crippen LogP contribution >= 0.6 is 12.0 Å². The van der Waals surface area contributed by atoms with Gasteiger partial charge in [-0.3, -0.25) is 0 Å². The fourth-order valence-corrected chi connectivity index (χ4v) is 4.73. The number of hydrogen-bond donors (Lipinski definition) is 0. The summed E-state index contributed by atoms with van der Waals surface area (Å²) in [6.45, 7) is 0. The summed E-state index contributed by atoms with van der Waals surface area (Å²) in [4.78, 5) is 11.5. The summed E-state index contributed by atoms with van der Waals surface area (Å²) in [6, 6.07) is 41.1. The lowest BCUT2D eigenvalue weighted by atomic mass is 9.94. The van der Waals surface area contributed by atoms with Gasteiger partial charge in [0.2, 0.25) is 0 Å². The first-order valence-corrected chi connectivity index (χ1v) is 12.4. The lowest BCUT2D eigenvalue weighted by molar-refractivity contribution is -0.188. The van der Waals surface area contributed by atoms with Crippen LogP contribution in [0.1, 0.15) is 0 Å². The average molecular weight is 487 g/mol. The predicted molar refractivity (Wildman–Crippen MR) is 146 cm³/mol. The zero-order chi connectivity index (χ0) is 24.2. The molecule has 0 N–H and O–H groups in total. The molecule has 0 amide bonds. The number of aromatic nitrogens is 2. The third-order valence-electron chi connectivity index (χ3n) is 6.01. The van der Waals surface area contributed by atoms with Gasteiger partial charge in [-0.25, -0.2) is 9.97 Å². The van der Waals surface area contributed by atoms with Gasteiger partial charge >= 0.3 is 0 Å². The first kappa shape index (κ1) is 22.2. The summed E-state index contributed by atoms with van der Waals surface area (Å²) >= 11 is 1.16. The van der Waals surface area contributed by atoms with Crippen molar-refractivity contribution in [1.82, 2.24) is 9.71 Å². The Morgan fingerprint density at radius 2 is 1.19 bits per heavy atom. The smallest absolute Gasteiger partial charge is 0.179 e. The van der Waals surface area contributed by atoms with E-state index in [1.807, 2.05) is 67.0 Å². The second-order valence-electron chi connectivity index (χ2n) is 8.28. The molecule has 6 aromatic rings. The van der Waals surface area contributed by atoms with Crippen LogP contribution in [0.25, 0.3) is 44.4 Å². The predicted octanol–water partition coefficient (Wildman–Crippen LogP) is 8.10. The largest absolute Gasteiger partial charge is 0.235 e. The second-order valence-corrected chi connectivity index (χ2v) is 9.05. The Morgan fingerprint density at radius 1 is 0.583 bits per heavy atom. The van der Waals surface area contributed by atoms with E-state index < -0.39 is 0 Å². The molecule has 36 heavy (non-hydrogen) atoms. The Bertz CT molecular complexity index is 1600. The van der Waals surface area contributed by atoms with Crippen molar-refractivity contribution >= 4 is 23.1 Å². The van der Waals surface area contributed by atoms with Gasteiger partial charge in [0.1, 0.15) is 0 Å². The number of hydrogen-bond acceptors (Lipinski definition) is 4. The zero-order valence-corrected chi connectivity index (χ0v) is 20.1. The van der Waals surface area contributed by atoms with E-state index in [4.69, 9.17) is 14.3 Å². The van der Waals surface area contributed by atoms with Crippen LogP contribution in [0, 0.1) is 0 Å². The maximum atomic E-state index is 5.73. The molecule has 5 heteroatoms. The SMILES string of the molecule is c1ccc(SOOn2cc(-c3ccccc3-c3ccccc3)c3cc(-c4ccccc4)cnc32)cc1. The molecule has 0 radical (unpaired) electrons. The summed E-state index contributed by atoms with van der Waals surface area (Å²) < 4.78 is 7.13. The molecule has 2 aromatic heterocycles. The Morgan fingerprint density at radius 3 is 1.92 bits per heavy atom. The highest BCUT2D eigenvalue weighted by Gasteiger charge is 2.17. The van der Waals surface area contributed by atoms with E-state index in [2.05, 4.69) is 66.7 Å². The van der Waals surface area contributed by atoms with Crippen molar-refractivity contribution in [2.45, 2.75) is 4.90 Å². The topological polar surface area (TPSA) is 36.3 Å². The fourth-order valence-electron chi connectivity index (χ4n) is 4.29. The molecule has 174 valence electrons. The first-order chi connectivity index (χ1) is 17.9. The molecule has 2 heterocycles. The number of rotatable bonds is 7. The highest BCUT2D eigenvalue weighted by Crippen LogP contribution is 2.38. The van der Waals surface area contributed by atoms with Crippen molar-refractivity contribution in [2.24, 2.45) is 0 Å². The molecule has 0 unspecified atom stereocenters. The van der Waals surface area contributed by atoms with Gasteiger partial charge in [-0.2, -0.15) is 0 Å². The second kappa shape index (κ2) is 10.1. The minimum atomic E-state index is 0.682. The van der Waals surface area contributed by atoms with Crippen LogP contribution in [0.4, 0.5) is 0 Å². The van der Waals surface area contributed by atoms with Crippen LogP contribution < -0.4 is 4.99 Å². The van der Waals surface area contributed by atoms with Gasteiger partial charge in [0.15, 0.2) is 5.65 Å². The van der Waals surface area contributed by atoms with Crippen molar-refractivity contribution < 1.29 is 9.32 Å². The molecule has 0 bridgehead atoms. The first-order valence-electron chi connectivity index (χ1n) is 11.6. The van der Waals surface area contributed by atoms with Gasteiger partial charge in [-0.15, -0.1) is 4.73 Å². The van der Waals surface area contributed by atoms with Gasteiger partial charge in [0.05, 0.1) is 18.2 Å². The van der Waals surface area contributed by atoms with E-state index in [0.717, 1.165) is 55.7 Å². The molecule has 4 aromatic carbocycles. The summed E-state index contributed by atoms with van der Waals surface area (Å²) in [6.07, 6.45) is 3.81. The molecule has 0 fully saturated rings. The van der Waals surface area contributed by atoms with Crippen LogP contribution in [0.3, 0.4) is 0 Å². The van der Waals surface area contributed by atoms with Gasteiger partial charge in [-0.1, -0.05) is 107 Å². The Hall–Kier alpha value is -4.32. The van der Waals surface area contributed by atoms with Crippen molar-refractivity contribution in [2.75, 3.05) is 0 Å². The van der Waals surface area contributed by atoms with Crippen LogP contribution in [0.15, 0.2) is 139 Å². The van der Waals surface area contributed by atoms with Crippen molar-refractivity contribution in [3.8, 4) is 33.4 Å². The molecule has 0 aliphatic carbocycles. The molecule has 0 aliphatic rings. The lowest BCUT2D eigenvalue weighted by Crippen LogP contribution is -2.07. The third-order valence-corrected chi connectivity index (χ3v) is 6.60. The highest BCUT2D eigenvalue weighted by molar-refractivity contribution is 7.94. The molecular formula is C31H22N2O2S. The van der Waals surface area contributed by atoms with Gasteiger partial charge in [0.25, 0.3) is 0 Å². The molecule has 4 nitrogen and oxygen atoms in total. The quantitative estimate of drug-likeness (QED) is 0.130. The summed E-state index contributed by atoms with van der Waals surface area (Å²) in [5.74, 6) is 0. The molecule has 0 aliphatic heterocycles. The van der Waals surface area contributed by atoms with Crippen molar-refractivity contribution in [1.29, 1.82) is 0 Å². The average Bonchev–Trinajstić information content (AvgIpc) is 3.32. The maximum Gasteiger partial charge on any atom is 0.179 e. The Labute approximate surface area is 213 Å².